The number of carbonyl (C=O) groups excluding carboxylic acids is 1. The Morgan fingerprint density at radius 1 is 1.20 bits per heavy atom. The van der Waals surface area contributed by atoms with Crippen LogP contribution in [0.1, 0.15) is 0 Å². The van der Waals surface area contributed by atoms with Gasteiger partial charge in [-0.1, -0.05) is 41.4 Å². The van der Waals surface area contributed by atoms with Gasteiger partial charge in [-0.05, 0) is 24.3 Å². The summed E-state index contributed by atoms with van der Waals surface area (Å²) in [5.41, 5.74) is 0. The summed E-state index contributed by atoms with van der Waals surface area (Å²) in [7, 11) is 1.69. The molecule has 0 saturated heterocycles. The predicted molar refractivity (Wildman–Crippen MR) is 95.9 cm³/mol. The molecule has 1 amide bonds. The maximum Gasteiger partial charge on any atom is 0.260 e. The molecule has 1 aliphatic heterocycles. The number of nitrogens with zero attached hydrogens (tertiary/aromatic N) is 1. The lowest BCUT2D eigenvalue weighted by molar-refractivity contribution is -0.133. The average Bonchev–Trinajstić information content (AvgIpc) is 2.62. The van der Waals surface area contributed by atoms with Gasteiger partial charge in [0.25, 0.3) is 5.91 Å². The van der Waals surface area contributed by atoms with Crippen LogP contribution in [0.15, 0.2) is 42.5 Å². The van der Waals surface area contributed by atoms with Crippen molar-refractivity contribution in [2.45, 2.75) is 6.10 Å². The third kappa shape index (κ3) is 4.30. The fourth-order valence-corrected chi connectivity index (χ4v) is 2.75. The molecule has 132 valence electrons. The number of rotatable bonds is 5. The maximum atomic E-state index is 12.3. The van der Waals surface area contributed by atoms with E-state index < -0.39 is 0 Å². The van der Waals surface area contributed by atoms with Gasteiger partial charge in [-0.3, -0.25) is 4.79 Å². The fraction of sp³-hybridized carbons (Fsp3) is 0.278. The van der Waals surface area contributed by atoms with Crippen molar-refractivity contribution in [2.75, 3.05) is 26.8 Å². The van der Waals surface area contributed by atoms with Crippen molar-refractivity contribution in [3.63, 3.8) is 0 Å². The van der Waals surface area contributed by atoms with E-state index in [1.54, 1.807) is 30.1 Å². The number of hydrogen-bond donors (Lipinski definition) is 0. The van der Waals surface area contributed by atoms with Crippen molar-refractivity contribution in [1.82, 2.24) is 4.90 Å². The second-order valence-electron chi connectivity index (χ2n) is 5.61. The lowest BCUT2D eigenvalue weighted by Gasteiger charge is -2.29. The highest BCUT2D eigenvalue weighted by Gasteiger charge is 2.24. The summed E-state index contributed by atoms with van der Waals surface area (Å²) in [6.07, 6.45) is -0.237. The zero-order valence-corrected chi connectivity index (χ0v) is 15.1. The Hall–Kier alpha value is -2.11. The monoisotopic (exact) mass is 381 g/mol. The molecule has 0 radical (unpaired) electrons. The summed E-state index contributed by atoms with van der Waals surface area (Å²) >= 11 is 12.0. The molecule has 0 aromatic heterocycles. The molecular formula is C18H17Cl2NO4. The molecule has 3 rings (SSSR count). The quantitative estimate of drug-likeness (QED) is 0.792. The molecule has 1 heterocycles. The fourth-order valence-electron chi connectivity index (χ4n) is 2.41. The van der Waals surface area contributed by atoms with E-state index in [0.717, 1.165) is 0 Å². The normalized spacial score (nSPS) is 15.6. The van der Waals surface area contributed by atoms with Crippen molar-refractivity contribution < 1.29 is 19.0 Å². The zero-order valence-electron chi connectivity index (χ0n) is 13.6. The van der Waals surface area contributed by atoms with Gasteiger partial charge in [-0.2, -0.15) is 0 Å². The van der Waals surface area contributed by atoms with Gasteiger partial charge in [0.05, 0.1) is 11.6 Å². The van der Waals surface area contributed by atoms with Gasteiger partial charge in [0.1, 0.15) is 17.4 Å². The third-order valence-electron chi connectivity index (χ3n) is 3.74. The van der Waals surface area contributed by atoms with Crippen LogP contribution in [0.2, 0.25) is 10.0 Å². The molecule has 7 heteroatoms. The Kier molecular flexibility index (Phi) is 5.56. The molecule has 2 aromatic carbocycles. The number of fused-ring (bicyclic) bond motifs is 1. The van der Waals surface area contributed by atoms with Crippen molar-refractivity contribution >= 4 is 29.1 Å². The van der Waals surface area contributed by atoms with Gasteiger partial charge in [0, 0.05) is 7.05 Å². The molecule has 0 aliphatic carbocycles. The van der Waals surface area contributed by atoms with Crippen LogP contribution in [0.5, 0.6) is 17.2 Å². The molecule has 1 aliphatic rings. The molecule has 0 saturated carbocycles. The molecule has 1 atom stereocenters. The van der Waals surface area contributed by atoms with Crippen molar-refractivity contribution in [2.24, 2.45) is 0 Å². The largest absolute Gasteiger partial charge is 0.486 e. The van der Waals surface area contributed by atoms with Gasteiger partial charge in [-0.25, -0.2) is 0 Å². The minimum absolute atomic E-state index is 0.138. The van der Waals surface area contributed by atoms with E-state index in [9.17, 15) is 4.79 Å². The average molecular weight is 382 g/mol. The number of likely N-dealkylation sites (N-methyl/N-ethyl adjacent to an activating group) is 1. The van der Waals surface area contributed by atoms with Gasteiger partial charge >= 0.3 is 0 Å². The van der Waals surface area contributed by atoms with Crippen molar-refractivity contribution in [1.29, 1.82) is 0 Å². The van der Waals surface area contributed by atoms with E-state index in [1.165, 1.54) is 0 Å². The van der Waals surface area contributed by atoms with Crippen LogP contribution in [-0.4, -0.2) is 43.7 Å². The van der Waals surface area contributed by atoms with Gasteiger partial charge in [0.2, 0.25) is 0 Å². The Labute approximate surface area is 156 Å². The van der Waals surface area contributed by atoms with E-state index in [0.29, 0.717) is 40.4 Å². The van der Waals surface area contributed by atoms with Gasteiger partial charge in [-0.15, -0.1) is 0 Å². The van der Waals surface area contributed by atoms with E-state index in [2.05, 4.69) is 0 Å². The Morgan fingerprint density at radius 3 is 2.76 bits per heavy atom. The number of halogens is 2. The Morgan fingerprint density at radius 2 is 1.96 bits per heavy atom. The Bertz CT molecular complexity index is 768. The number of para-hydroxylation sites is 2. The lowest BCUT2D eigenvalue weighted by Crippen LogP contribution is -2.43. The van der Waals surface area contributed by atoms with Crippen LogP contribution >= 0.6 is 23.2 Å². The molecule has 0 spiro atoms. The highest BCUT2D eigenvalue weighted by Crippen LogP contribution is 2.32. The van der Waals surface area contributed by atoms with Gasteiger partial charge in [0.15, 0.2) is 24.2 Å². The second kappa shape index (κ2) is 7.85. The first-order valence-electron chi connectivity index (χ1n) is 7.74. The smallest absolute Gasteiger partial charge is 0.260 e. The predicted octanol–water partition coefficient (Wildman–Crippen LogP) is 3.67. The summed E-state index contributed by atoms with van der Waals surface area (Å²) < 4.78 is 17.0. The SMILES string of the molecule is CN(C[C@H]1COc2ccccc2O1)C(=O)COc1cccc(Cl)c1Cl. The summed E-state index contributed by atoms with van der Waals surface area (Å²) in [5.74, 6) is 1.58. The van der Waals surface area contributed by atoms with Crippen LogP contribution in [0.4, 0.5) is 0 Å². The molecule has 0 bridgehead atoms. The first-order valence-corrected chi connectivity index (χ1v) is 8.49. The number of carbonyl (C=O) groups is 1. The standard InChI is InChI=1S/C18H17Cl2NO4/c1-21(9-12-10-23-14-6-2-3-7-15(14)25-12)17(22)11-24-16-8-4-5-13(19)18(16)20/h2-8,12H,9-11H2,1H3/t12-/m0/s1. The highest BCUT2D eigenvalue weighted by atomic mass is 35.5. The summed E-state index contributed by atoms with van der Waals surface area (Å²) in [6.45, 7) is 0.635. The summed E-state index contributed by atoms with van der Waals surface area (Å²) in [6, 6.07) is 12.5. The van der Waals surface area contributed by atoms with Crippen LogP contribution < -0.4 is 14.2 Å². The number of amides is 1. The first-order chi connectivity index (χ1) is 12.0. The van der Waals surface area contributed by atoms with Crippen LogP contribution in [0, 0.1) is 0 Å². The van der Waals surface area contributed by atoms with Crippen molar-refractivity contribution in [3.8, 4) is 17.2 Å². The second-order valence-corrected chi connectivity index (χ2v) is 6.40. The third-order valence-corrected chi connectivity index (χ3v) is 4.54. The zero-order chi connectivity index (χ0) is 17.8. The molecule has 5 nitrogen and oxygen atoms in total. The van der Waals surface area contributed by atoms with E-state index in [-0.39, 0.29) is 18.6 Å². The van der Waals surface area contributed by atoms with Gasteiger partial charge < -0.3 is 19.1 Å². The number of ether oxygens (including phenoxy) is 3. The highest BCUT2D eigenvalue weighted by molar-refractivity contribution is 6.42. The number of benzene rings is 2. The molecular weight excluding hydrogens is 365 g/mol. The van der Waals surface area contributed by atoms with E-state index in [4.69, 9.17) is 37.4 Å². The molecule has 0 fully saturated rings. The topological polar surface area (TPSA) is 48.0 Å². The molecule has 0 unspecified atom stereocenters. The van der Waals surface area contributed by atoms with Crippen LogP contribution in [0.25, 0.3) is 0 Å². The molecule has 2 aromatic rings. The molecule has 25 heavy (non-hydrogen) atoms. The minimum Gasteiger partial charge on any atom is -0.486 e. The van der Waals surface area contributed by atoms with Crippen LogP contribution in [-0.2, 0) is 4.79 Å². The summed E-state index contributed by atoms with van der Waals surface area (Å²) in [4.78, 5) is 13.8. The lowest BCUT2D eigenvalue weighted by atomic mass is 10.2. The van der Waals surface area contributed by atoms with E-state index >= 15 is 0 Å². The first kappa shape index (κ1) is 17.7. The van der Waals surface area contributed by atoms with Crippen molar-refractivity contribution in [3.05, 3.63) is 52.5 Å². The van der Waals surface area contributed by atoms with E-state index in [1.807, 2.05) is 24.3 Å². The van der Waals surface area contributed by atoms with Crippen LogP contribution in [0.3, 0.4) is 0 Å². The summed E-state index contributed by atoms with van der Waals surface area (Å²) in [5, 5.41) is 0.673. The Balaban J connectivity index is 1.52. The maximum absolute atomic E-state index is 12.3. The molecule has 0 N–H and O–H groups in total. The minimum atomic E-state index is -0.237. The number of hydrogen-bond acceptors (Lipinski definition) is 4.